The monoisotopic (exact) mass is 1130 g/mol. The summed E-state index contributed by atoms with van der Waals surface area (Å²) in [6.07, 6.45) is 4.36. The van der Waals surface area contributed by atoms with E-state index in [1.54, 1.807) is 18.0 Å². The number of likely N-dealkylation sites (N-methyl/N-ethyl adjacent to an activating group) is 2. The molecular weight excluding hydrogens is 1040 g/mol. The molecule has 24 heteroatoms. The van der Waals surface area contributed by atoms with Crippen molar-refractivity contribution >= 4 is 70.3 Å². The summed E-state index contributed by atoms with van der Waals surface area (Å²) in [5.41, 5.74) is 0.734. The van der Waals surface area contributed by atoms with Crippen LogP contribution >= 0.6 is 11.3 Å². The minimum Gasteiger partial charge on any atom is -0.506 e. The number of nitrogens with zero attached hydrogens (tertiary/aromatic N) is 3. The second-order valence-electron chi connectivity index (χ2n) is 20.5. The van der Waals surface area contributed by atoms with E-state index in [1.165, 1.54) is 38.3 Å². The number of benzene rings is 1. The molecule has 2 heterocycles. The lowest BCUT2D eigenvalue weighted by molar-refractivity contribution is -0.149. The summed E-state index contributed by atoms with van der Waals surface area (Å²) in [5.74, 6) is -5.95. The molecule has 1 aliphatic heterocycles. The van der Waals surface area contributed by atoms with Crippen LogP contribution in [0.5, 0.6) is 5.75 Å². The first kappa shape index (κ1) is 66.8. The molecule has 0 bridgehead atoms. The molecule has 7 amide bonds. The van der Waals surface area contributed by atoms with E-state index in [1.807, 2.05) is 39.6 Å². The second kappa shape index (κ2) is 34.5. The van der Waals surface area contributed by atoms with E-state index in [4.69, 9.17) is 14.6 Å². The number of ether oxygens (including phenoxy) is 2. The zero-order valence-corrected chi connectivity index (χ0v) is 48.1. The summed E-state index contributed by atoms with van der Waals surface area (Å²) >= 11 is 1.09. The summed E-state index contributed by atoms with van der Waals surface area (Å²) in [6, 6.07) is 2.06. The number of phenols is 1. The van der Waals surface area contributed by atoms with Crippen molar-refractivity contribution in [3.05, 3.63) is 51.5 Å². The number of piperidine rings is 1. The Morgan fingerprint density at radius 1 is 0.911 bits per heavy atom. The number of carboxylic acids is 1. The van der Waals surface area contributed by atoms with E-state index in [9.17, 15) is 53.4 Å². The molecule has 3 rings (SSSR count). The van der Waals surface area contributed by atoms with Crippen molar-refractivity contribution in [3.63, 3.8) is 0 Å². The van der Waals surface area contributed by atoms with Crippen LogP contribution in [-0.2, 0) is 54.3 Å². The molecule has 7 atom stereocenters. The third-order valence-electron chi connectivity index (χ3n) is 13.7. The summed E-state index contributed by atoms with van der Waals surface area (Å²) in [5, 5.41) is 47.6. The summed E-state index contributed by atoms with van der Waals surface area (Å²) in [4.78, 5) is 124. The number of likely N-dealkylation sites (tertiary alicyclic amines) is 1. The highest BCUT2D eigenvalue weighted by Crippen LogP contribution is 2.32. The van der Waals surface area contributed by atoms with Crippen LogP contribution in [0.1, 0.15) is 140 Å². The Hall–Kier alpha value is -6.50. The SMILES string of the molecule is CC[C@H](C)[C@H](NC(=O)[C@H]1CCCCN1C)C(=O)N(C)[C@H](C[C@@H](OC(C)=O)c1nc(C(=O)N[C@@H](Cc2ccc(O)c(NC(=O)CCCNC(=O)/C=C(\C)C(=O)NCCCC(=O)NCCOCCO)c2)CC(C)C(=O)O)cs1)C(C)C. The average Bonchev–Trinajstić information content (AvgIpc) is 3.93. The van der Waals surface area contributed by atoms with Gasteiger partial charge in [0.1, 0.15) is 22.5 Å². The van der Waals surface area contributed by atoms with Crippen LogP contribution in [-0.4, -0.2) is 168 Å². The molecule has 1 saturated heterocycles. The van der Waals surface area contributed by atoms with Crippen molar-refractivity contribution in [1.82, 2.24) is 41.4 Å². The quantitative estimate of drug-likeness (QED) is 0.0209. The molecule has 0 radical (unpaired) electrons. The Balaban J connectivity index is 1.64. The van der Waals surface area contributed by atoms with Crippen molar-refractivity contribution in [2.45, 2.75) is 149 Å². The predicted molar refractivity (Wildman–Crippen MR) is 297 cm³/mol. The fourth-order valence-corrected chi connectivity index (χ4v) is 9.77. The lowest BCUT2D eigenvalue weighted by Crippen LogP contribution is -2.58. The number of aliphatic hydroxyl groups excluding tert-OH is 1. The number of aromatic hydroxyl groups is 1. The predicted octanol–water partition coefficient (Wildman–Crippen LogP) is 3.60. The number of nitrogens with one attached hydrogen (secondary N) is 6. The highest BCUT2D eigenvalue weighted by molar-refractivity contribution is 7.09. The van der Waals surface area contributed by atoms with Crippen molar-refractivity contribution in [3.8, 4) is 5.75 Å². The van der Waals surface area contributed by atoms with Gasteiger partial charge in [-0.05, 0) is 88.6 Å². The first-order valence-electron chi connectivity index (χ1n) is 27.2. The Bertz CT molecular complexity index is 2400. The smallest absolute Gasteiger partial charge is 0.306 e. The lowest BCUT2D eigenvalue weighted by atomic mass is 9.92. The Labute approximate surface area is 467 Å². The molecular formula is C55H85N9O14S. The molecule has 79 heavy (non-hydrogen) atoms. The van der Waals surface area contributed by atoms with Gasteiger partial charge in [0.25, 0.3) is 5.91 Å². The van der Waals surface area contributed by atoms with Crippen LogP contribution in [0.25, 0.3) is 0 Å². The van der Waals surface area contributed by atoms with Gasteiger partial charge in [0.15, 0.2) is 6.10 Å². The topological polar surface area (TPSA) is 324 Å². The van der Waals surface area contributed by atoms with Gasteiger partial charge in [0, 0.05) is 82.0 Å². The maximum absolute atomic E-state index is 14.4. The number of hydrogen-bond acceptors (Lipinski definition) is 16. The van der Waals surface area contributed by atoms with E-state index in [0.29, 0.717) is 36.4 Å². The normalized spacial score (nSPS) is 16.0. The largest absolute Gasteiger partial charge is 0.506 e. The highest BCUT2D eigenvalue weighted by atomic mass is 32.1. The highest BCUT2D eigenvalue weighted by Gasteiger charge is 2.37. The van der Waals surface area contributed by atoms with Crippen LogP contribution in [0.2, 0.25) is 0 Å². The van der Waals surface area contributed by atoms with Crippen molar-refractivity contribution in [2.75, 3.05) is 65.4 Å². The number of carbonyl (C=O) groups excluding carboxylic acids is 8. The second-order valence-corrected chi connectivity index (χ2v) is 21.4. The number of rotatable bonds is 34. The van der Waals surface area contributed by atoms with Crippen LogP contribution < -0.4 is 31.9 Å². The Morgan fingerprint density at radius 2 is 1.61 bits per heavy atom. The van der Waals surface area contributed by atoms with Crippen molar-refractivity contribution in [1.29, 1.82) is 0 Å². The van der Waals surface area contributed by atoms with E-state index in [-0.39, 0.29) is 130 Å². The minimum absolute atomic E-state index is 0.00122. The van der Waals surface area contributed by atoms with E-state index in [0.717, 1.165) is 36.8 Å². The number of aromatic nitrogens is 1. The number of anilines is 1. The van der Waals surface area contributed by atoms with Gasteiger partial charge in [0.05, 0.1) is 37.5 Å². The number of aliphatic hydroxyl groups is 1. The molecule has 9 N–H and O–H groups in total. The Morgan fingerprint density at radius 3 is 2.25 bits per heavy atom. The summed E-state index contributed by atoms with van der Waals surface area (Å²) in [6.45, 7) is 13.7. The third-order valence-corrected chi connectivity index (χ3v) is 14.7. The number of carbonyl (C=O) groups is 9. The average molecular weight is 1130 g/mol. The van der Waals surface area contributed by atoms with Crippen molar-refractivity contribution < 1.29 is 67.9 Å². The minimum atomic E-state index is -1.09. The van der Waals surface area contributed by atoms with Gasteiger partial charge >= 0.3 is 11.9 Å². The number of phenolic OH excluding ortho intramolecular Hbond substituents is 1. The van der Waals surface area contributed by atoms with E-state index >= 15 is 0 Å². The first-order chi connectivity index (χ1) is 37.4. The van der Waals surface area contributed by atoms with Gasteiger partial charge in [-0.3, -0.25) is 48.1 Å². The standard InChI is InChI=1S/C55H85N9O14S/c1-10-34(4)49(62-52(73)42-15-11-12-23-63(42)8)54(74)64(9)43(33(2)3)31-45(78-37(7)66)53-61-41(32-79-53)51(72)59-39(27-36(6)55(75)76)29-38-18-19-44(67)40(30-38)60-47(69)17-14-20-56-48(70)28-35(5)50(71)58-21-13-16-46(68)57-22-25-77-26-24-65/h18-19,28,30,32-34,36,39,42-43,45,49,65,67H,10-17,20-27,29,31H2,1-9H3,(H,56,70)(H,57,68)(H,58,71)(H,59,72)(H,60,69)(H,62,73)(H,75,76)/b35-28+/t34-,36?,39+,42+,43+,45+,49-/m0/s1. The number of thiazole rings is 1. The van der Waals surface area contributed by atoms with Gasteiger partial charge in [0.2, 0.25) is 35.4 Å². The molecule has 0 aliphatic carbocycles. The van der Waals surface area contributed by atoms with Gasteiger partial charge in [-0.2, -0.15) is 0 Å². The number of carboxylic acid groups (broad SMARTS) is 1. The van der Waals surface area contributed by atoms with E-state index in [2.05, 4.69) is 36.9 Å². The van der Waals surface area contributed by atoms with Crippen molar-refractivity contribution in [2.24, 2.45) is 17.8 Å². The lowest BCUT2D eigenvalue weighted by Gasteiger charge is -2.38. The molecule has 23 nitrogen and oxygen atoms in total. The van der Waals surface area contributed by atoms with Gasteiger partial charge in [-0.15, -0.1) is 11.3 Å². The van der Waals surface area contributed by atoms with Gasteiger partial charge in [-0.1, -0.05) is 53.5 Å². The third kappa shape index (κ3) is 23.4. The number of hydrogen-bond donors (Lipinski definition) is 9. The molecule has 1 aliphatic rings. The molecule has 1 unspecified atom stereocenters. The molecule has 1 aromatic carbocycles. The van der Waals surface area contributed by atoms with Crippen LogP contribution in [0.4, 0.5) is 5.69 Å². The molecule has 440 valence electrons. The zero-order chi connectivity index (χ0) is 58.8. The van der Waals surface area contributed by atoms with Gasteiger partial charge in [-0.25, -0.2) is 4.98 Å². The summed E-state index contributed by atoms with van der Waals surface area (Å²) in [7, 11) is 3.59. The molecule has 2 aromatic rings. The molecule has 1 aromatic heterocycles. The Kier molecular flexibility index (Phi) is 29.2. The number of esters is 1. The fourth-order valence-electron chi connectivity index (χ4n) is 8.93. The number of aliphatic carboxylic acids is 1. The zero-order valence-electron chi connectivity index (χ0n) is 47.3. The maximum Gasteiger partial charge on any atom is 0.306 e. The summed E-state index contributed by atoms with van der Waals surface area (Å²) < 4.78 is 10.9. The first-order valence-corrected chi connectivity index (χ1v) is 28.1. The molecule has 0 spiro atoms. The number of amides is 7. The maximum atomic E-state index is 14.4. The molecule has 0 saturated carbocycles. The van der Waals surface area contributed by atoms with Crippen LogP contribution in [0.3, 0.4) is 0 Å². The molecule has 1 fully saturated rings. The fraction of sp³-hybridized carbons (Fsp3) is 0.636. The van der Waals surface area contributed by atoms with Gasteiger partial charge < -0.3 is 61.6 Å². The van der Waals surface area contributed by atoms with Crippen LogP contribution in [0, 0.1) is 17.8 Å². The van der Waals surface area contributed by atoms with Crippen LogP contribution in [0.15, 0.2) is 35.2 Å². The van der Waals surface area contributed by atoms with E-state index < -0.39 is 65.7 Å².